The Hall–Kier alpha value is -2.08. The molecule has 6 heteroatoms. The molecule has 92 valence electrons. The average molecular weight is 262 g/mol. The molecule has 2 rings (SSSR count). The first-order valence-corrected chi connectivity index (χ1v) is 6.30. The minimum atomic E-state index is -1.11. The van der Waals surface area contributed by atoms with Crippen molar-refractivity contribution in [1.82, 2.24) is 10.2 Å². The van der Waals surface area contributed by atoms with Gasteiger partial charge in [-0.2, -0.15) is 0 Å². The van der Waals surface area contributed by atoms with Gasteiger partial charge in [0.2, 0.25) is 5.88 Å². The maximum absolute atomic E-state index is 10.6. The van der Waals surface area contributed by atoms with E-state index in [1.165, 1.54) is 12.1 Å². The Morgan fingerprint density at radius 3 is 2.39 bits per heavy atom. The Labute approximate surface area is 108 Å². The van der Waals surface area contributed by atoms with Gasteiger partial charge in [0.05, 0.1) is 0 Å². The van der Waals surface area contributed by atoms with E-state index in [0.29, 0.717) is 5.75 Å². The number of hydrogen-bond acceptors (Lipinski definition) is 5. The number of carboxylic acids is 1. The molecular formula is C12H10N2O3S. The molecule has 18 heavy (non-hydrogen) atoms. The van der Waals surface area contributed by atoms with Crippen molar-refractivity contribution in [3.63, 3.8) is 0 Å². The standard InChI is InChI=1S/C12H10N2O3S/c1-18-9-4-2-8(3-5-9)17-11-7-6-10(12(15)16)13-14-11/h2-7H,1H3,(H,15,16). The molecule has 5 nitrogen and oxygen atoms in total. The molecule has 1 aromatic heterocycles. The van der Waals surface area contributed by atoms with Gasteiger partial charge in [-0.15, -0.1) is 22.0 Å². The van der Waals surface area contributed by atoms with Crippen LogP contribution >= 0.6 is 11.8 Å². The van der Waals surface area contributed by atoms with Crippen molar-refractivity contribution in [2.45, 2.75) is 4.90 Å². The fraction of sp³-hybridized carbons (Fsp3) is 0.0833. The molecule has 1 N–H and O–H groups in total. The number of benzene rings is 1. The fourth-order valence-corrected chi connectivity index (χ4v) is 1.66. The van der Waals surface area contributed by atoms with Gasteiger partial charge >= 0.3 is 5.97 Å². The van der Waals surface area contributed by atoms with E-state index in [0.717, 1.165) is 4.90 Å². The van der Waals surface area contributed by atoms with Crippen LogP contribution in [0, 0.1) is 0 Å². The molecule has 1 aromatic carbocycles. The van der Waals surface area contributed by atoms with Crippen LogP contribution in [0.25, 0.3) is 0 Å². The van der Waals surface area contributed by atoms with E-state index in [1.807, 2.05) is 30.5 Å². The largest absolute Gasteiger partial charge is 0.476 e. The van der Waals surface area contributed by atoms with Crippen LogP contribution in [0.4, 0.5) is 0 Å². The zero-order valence-electron chi connectivity index (χ0n) is 9.53. The van der Waals surface area contributed by atoms with Gasteiger partial charge in [-0.05, 0) is 36.6 Å². The maximum Gasteiger partial charge on any atom is 0.356 e. The van der Waals surface area contributed by atoms with E-state index in [1.54, 1.807) is 11.8 Å². The Kier molecular flexibility index (Phi) is 3.78. The monoisotopic (exact) mass is 262 g/mol. The second-order valence-corrected chi connectivity index (χ2v) is 4.22. The number of thioether (sulfide) groups is 1. The Bertz CT molecular complexity index is 540. The molecule has 1 heterocycles. The summed E-state index contributed by atoms with van der Waals surface area (Å²) in [7, 11) is 0. The molecule has 0 amide bonds. The number of nitrogens with zero attached hydrogens (tertiary/aromatic N) is 2. The van der Waals surface area contributed by atoms with Crippen molar-refractivity contribution in [1.29, 1.82) is 0 Å². The van der Waals surface area contributed by atoms with Crippen molar-refractivity contribution in [3.05, 3.63) is 42.1 Å². The molecule has 0 aliphatic rings. The van der Waals surface area contributed by atoms with E-state index < -0.39 is 5.97 Å². The van der Waals surface area contributed by atoms with Crippen LogP contribution < -0.4 is 4.74 Å². The molecule has 0 atom stereocenters. The lowest BCUT2D eigenvalue weighted by molar-refractivity contribution is 0.0689. The molecule has 0 radical (unpaired) electrons. The first-order chi connectivity index (χ1) is 8.69. The third kappa shape index (κ3) is 2.98. The molecule has 0 aliphatic carbocycles. The van der Waals surface area contributed by atoms with Gasteiger partial charge in [0.15, 0.2) is 5.69 Å². The van der Waals surface area contributed by atoms with Gasteiger partial charge in [0.1, 0.15) is 5.75 Å². The minimum absolute atomic E-state index is 0.111. The Morgan fingerprint density at radius 1 is 1.17 bits per heavy atom. The number of aromatic carboxylic acids is 1. The summed E-state index contributed by atoms with van der Waals surface area (Å²) in [5, 5.41) is 15.9. The first-order valence-electron chi connectivity index (χ1n) is 5.08. The molecule has 0 bridgehead atoms. The van der Waals surface area contributed by atoms with Gasteiger partial charge < -0.3 is 9.84 Å². The van der Waals surface area contributed by atoms with Crippen molar-refractivity contribution in [2.24, 2.45) is 0 Å². The summed E-state index contributed by atoms with van der Waals surface area (Å²) in [6, 6.07) is 10.3. The molecule has 0 spiro atoms. The normalized spacial score (nSPS) is 10.1. The summed E-state index contributed by atoms with van der Waals surface area (Å²) in [4.78, 5) is 11.7. The summed E-state index contributed by atoms with van der Waals surface area (Å²) < 4.78 is 5.44. The molecular weight excluding hydrogens is 252 g/mol. The highest BCUT2D eigenvalue weighted by Gasteiger charge is 2.06. The lowest BCUT2D eigenvalue weighted by atomic mass is 10.3. The quantitative estimate of drug-likeness (QED) is 0.854. The van der Waals surface area contributed by atoms with Crippen LogP contribution in [0.15, 0.2) is 41.3 Å². The van der Waals surface area contributed by atoms with Crippen molar-refractivity contribution < 1.29 is 14.6 Å². The fourth-order valence-electron chi connectivity index (χ4n) is 1.25. The van der Waals surface area contributed by atoms with E-state index >= 15 is 0 Å². The second kappa shape index (κ2) is 5.50. The zero-order chi connectivity index (χ0) is 13.0. The zero-order valence-corrected chi connectivity index (χ0v) is 10.3. The van der Waals surface area contributed by atoms with Gasteiger partial charge in [0.25, 0.3) is 0 Å². The highest BCUT2D eigenvalue weighted by molar-refractivity contribution is 7.98. The summed E-state index contributed by atoms with van der Waals surface area (Å²) in [5.41, 5.74) is -0.111. The smallest absolute Gasteiger partial charge is 0.356 e. The van der Waals surface area contributed by atoms with E-state index in [-0.39, 0.29) is 11.6 Å². The van der Waals surface area contributed by atoms with Crippen LogP contribution in [0.2, 0.25) is 0 Å². The average Bonchev–Trinajstić information content (AvgIpc) is 2.40. The first kappa shape index (κ1) is 12.4. The third-order valence-corrected chi connectivity index (χ3v) is 2.88. The number of ether oxygens (including phenoxy) is 1. The SMILES string of the molecule is CSc1ccc(Oc2ccc(C(=O)O)nn2)cc1. The predicted octanol–water partition coefficient (Wildman–Crippen LogP) is 2.69. The molecule has 0 unspecified atom stereocenters. The van der Waals surface area contributed by atoms with E-state index in [2.05, 4.69) is 10.2 Å². The molecule has 0 saturated carbocycles. The van der Waals surface area contributed by atoms with Gasteiger partial charge in [0, 0.05) is 11.0 Å². The van der Waals surface area contributed by atoms with Gasteiger partial charge in [-0.1, -0.05) is 0 Å². The summed E-state index contributed by atoms with van der Waals surface area (Å²) in [6.07, 6.45) is 1.99. The predicted molar refractivity (Wildman–Crippen MR) is 67.3 cm³/mol. The number of rotatable bonds is 4. The van der Waals surface area contributed by atoms with E-state index in [4.69, 9.17) is 9.84 Å². The molecule has 0 saturated heterocycles. The maximum atomic E-state index is 10.6. The molecule has 2 aromatic rings. The van der Waals surface area contributed by atoms with Crippen LogP contribution in [-0.2, 0) is 0 Å². The van der Waals surface area contributed by atoms with Gasteiger partial charge in [-0.3, -0.25) is 0 Å². The number of hydrogen-bond donors (Lipinski definition) is 1. The molecule has 0 fully saturated rings. The Balaban J connectivity index is 2.10. The second-order valence-electron chi connectivity index (χ2n) is 3.34. The van der Waals surface area contributed by atoms with E-state index in [9.17, 15) is 4.79 Å². The van der Waals surface area contributed by atoms with Crippen LogP contribution in [-0.4, -0.2) is 27.5 Å². The summed E-state index contributed by atoms with van der Waals surface area (Å²) in [5.74, 6) is -0.222. The third-order valence-electron chi connectivity index (χ3n) is 2.14. The topological polar surface area (TPSA) is 72.3 Å². The summed E-state index contributed by atoms with van der Waals surface area (Å²) >= 11 is 1.64. The van der Waals surface area contributed by atoms with Crippen molar-refractivity contribution in [3.8, 4) is 11.6 Å². The van der Waals surface area contributed by atoms with Crippen LogP contribution in [0.1, 0.15) is 10.5 Å². The lowest BCUT2D eigenvalue weighted by Crippen LogP contribution is -2.02. The van der Waals surface area contributed by atoms with Crippen molar-refractivity contribution in [2.75, 3.05) is 6.26 Å². The lowest BCUT2D eigenvalue weighted by Gasteiger charge is -2.04. The highest BCUT2D eigenvalue weighted by atomic mass is 32.2. The number of aromatic nitrogens is 2. The van der Waals surface area contributed by atoms with Crippen LogP contribution in [0.5, 0.6) is 11.6 Å². The minimum Gasteiger partial charge on any atom is -0.476 e. The Morgan fingerprint density at radius 2 is 1.89 bits per heavy atom. The summed E-state index contributed by atoms with van der Waals surface area (Å²) in [6.45, 7) is 0. The number of carboxylic acid groups (broad SMARTS) is 1. The van der Waals surface area contributed by atoms with Gasteiger partial charge in [-0.25, -0.2) is 4.79 Å². The van der Waals surface area contributed by atoms with Crippen molar-refractivity contribution >= 4 is 17.7 Å². The highest BCUT2D eigenvalue weighted by Crippen LogP contribution is 2.22. The molecule has 0 aliphatic heterocycles. The number of carbonyl (C=O) groups is 1. The van der Waals surface area contributed by atoms with Crippen LogP contribution in [0.3, 0.4) is 0 Å².